The summed E-state index contributed by atoms with van der Waals surface area (Å²) in [5.74, 6) is -0.228. The van der Waals surface area contributed by atoms with Crippen molar-refractivity contribution in [1.29, 1.82) is 0 Å². The van der Waals surface area contributed by atoms with Gasteiger partial charge in [0.1, 0.15) is 0 Å². The first-order valence-electron chi connectivity index (χ1n) is 7.72. The van der Waals surface area contributed by atoms with Crippen LogP contribution in [0.3, 0.4) is 0 Å². The molecule has 0 aromatic carbocycles. The summed E-state index contributed by atoms with van der Waals surface area (Å²) >= 11 is 0. The van der Waals surface area contributed by atoms with Crippen molar-refractivity contribution in [2.24, 2.45) is 5.73 Å². The van der Waals surface area contributed by atoms with Crippen molar-refractivity contribution >= 4 is 11.8 Å². The van der Waals surface area contributed by atoms with Gasteiger partial charge in [-0.2, -0.15) is 0 Å². The lowest BCUT2D eigenvalue weighted by Crippen LogP contribution is -2.48. The second kappa shape index (κ2) is 9.00. The molecule has 2 amide bonds. The van der Waals surface area contributed by atoms with Gasteiger partial charge in [-0.3, -0.25) is 9.59 Å². The van der Waals surface area contributed by atoms with Crippen LogP contribution < -0.4 is 5.73 Å². The minimum atomic E-state index is -0.609. The van der Waals surface area contributed by atoms with E-state index < -0.39 is 6.04 Å². The van der Waals surface area contributed by atoms with Gasteiger partial charge >= 0.3 is 0 Å². The highest BCUT2D eigenvalue weighted by molar-refractivity contribution is 5.87. The minimum absolute atomic E-state index is 0.0170. The molecule has 0 saturated heterocycles. The number of likely N-dealkylation sites (N-methyl/N-ethyl adjacent to an activating group) is 2. The summed E-state index contributed by atoms with van der Waals surface area (Å²) in [5, 5.41) is 0. The van der Waals surface area contributed by atoms with Gasteiger partial charge in [0.2, 0.25) is 11.8 Å². The van der Waals surface area contributed by atoms with Gasteiger partial charge in [0.05, 0.1) is 12.6 Å². The summed E-state index contributed by atoms with van der Waals surface area (Å²) in [7, 11) is 5.03. The number of amides is 2. The molecule has 0 heterocycles. The van der Waals surface area contributed by atoms with Crippen molar-refractivity contribution in [3.05, 3.63) is 0 Å². The lowest BCUT2D eigenvalue weighted by Gasteiger charge is -2.32. The first-order valence-corrected chi connectivity index (χ1v) is 7.72. The van der Waals surface area contributed by atoms with Crippen LogP contribution in [-0.4, -0.2) is 68.1 Å². The van der Waals surface area contributed by atoms with Crippen molar-refractivity contribution in [2.45, 2.75) is 50.6 Å². The number of carbonyl (C=O) groups is 2. The van der Waals surface area contributed by atoms with Crippen molar-refractivity contribution in [3.63, 3.8) is 0 Å². The number of carbonyl (C=O) groups excluding carboxylic acids is 2. The smallest absolute Gasteiger partial charge is 0.242 e. The fourth-order valence-corrected chi connectivity index (χ4v) is 2.72. The molecule has 21 heavy (non-hydrogen) atoms. The third kappa shape index (κ3) is 5.63. The standard InChI is InChI=1S/C15H29N3O3/c1-17(15(20)13(16)9-10-21-3)11-14(19)18(2)12-7-5-4-6-8-12/h12-13H,4-11,16H2,1-3H3. The Morgan fingerprint density at radius 3 is 2.43 bits per heavy atom. The predicted molar refractivity (Wildman–Crippen MR) is 81.7 cm³/mol. The Balaban J connectivity index is 2.43. The van der Waals surface area contributed by atoms with Crippen LogP contribution in [0.15, 0.2) is 0 Å². The highest BCUT2D eigenvalue weighted by atomic mass is 16.5. The van der Waals surface area contributed by atoms with Gasteiger partial charge in [0.15, 0.2) is 0 Å². The highest BCUT2D eigenvalue weighted by Gasteiger charge is 2.25. The first-order chi connectivity index (χ1) is 9.97. The molecule has 0 aromatic heterocycles. The Bertz CT molecular complexity index is 343. The maximum Gasteiger partial charge on any atom is 0.242 e. The molecule has 122 valence electrons. The molecule has 0 aromatic rings. The summed E-state index contributed by atoms with van der Waals surface area (Å²) < 4.78 is 4.92. The fourth-order valence-electron chi connectivity index (χ4n) is 2.72. The zero-order chi connectivity index (χ0) is 15.8. The zero-order valence-corrected chi connectivity index (χ0v) is 13.5. The molecule has 1 aliphatic carbocycles. The number of rotatable bonds is 7. The molecule has 0 spiro atoms. The van der Waals surface area contributed by atoms with Crippen LogP contribution in [0.4, 0.5) is 0 Å². The van der Waals surface area contributed by atoms with Crippen LogP contribution in [0.5, 0.6) is 0 Å². The van der Waals surface area contributed by atoms with Crippen molar-refractivity contribution in [1.82, 2.24) is 9.80 Å². The third-order valence-electron chi connectivity index (χ3n) is 4.21. The number of hydrogen-bond acceptors (Lipinski definition) is 4. The molecule has 6 nitrogen and oxygen atoms in total. The van der Waals surface area contributed by atoms with E-state index in [9.17, 15) is 9.59 Å². The van der Waals surface area contributed by atoms with Crippen LogP contribution in [0.2, 0.25) is 0 Å². The number of ether oxygens (including phenoxy) is 1. The average molecular weight is 299 g/mol. The van der Waals surface area contributed by atoms with Gasteiger partial charge in [0.25, 0.3) is 0 Å². The molecule has 1 unspecified atom stereocenters. The second-order valence-corrected chi connectivity index (χ2v) is 5.88. The number of hydrogen-bond donors (Lipinski definition) is 1. The van der Waals surface area contributed by atoms with E-state index in [4.69, 9.17) is 10.5 Å². The van der Waals surface area contributed by atoms with E-state index >= 15 is 0 Å². The molecule has 0 radical (unpaired) electrons. The van der Waals surface area contributed by atoms with E-state index in [2.05, 4.69) is 0 Å². The Labute approximate surface area is 127 Å². The fraction of sp³-hybridized carbons (Fsp3) is 0.867. The first kappa shape index (κ1) is 17.9. The van der Waals surface area contributed by atoms with Crippen LogP contribution >= 0.6 is 0 Å². The highest BCUT2D eigenvalue weighted by Crippen LogP contribution is 2.21. The Morgan fingerprint density at radius 1 is 1.24 bits per heavy atom. The van der Waals surface area contributed by atoms with Gasteiger partial charge in [-0.15, -0.1) is 0 Å². The Kier molecular flexibility index (Phi) is 7.67. The van der Waals surface area contributed by atoms with Crippen molar-refractivity contribution in [2.75, 3.05) is 34.4 Å². The largest absolute Gasteiger partial charge is 0.385 e. The number of methoxy groups -OCH3 is 1. The summed E-state index contributed by atoms with van der Waals surface area (Å²) in [4.78, 5) is 27.5. The topological polar surface area (TPSA) is 75.9 Å². The zero-order valence-electron chi connectivity index (χ0n) is 13.5. The lowest BCUT2D eigenvalue weighted by atomic mass is 9.94. The molecule has 6 heteroatoms. The van der Waals surface area contributed by atoms with E-state index in [1.807, 2.05) is 7.05 Å². The van der Waals surface area contributed by atoms with Gasteiger partial charge in [0, 0.05) is 33.9 Å². The summed E-state index contributed by atoms with van der Waals surface area (Å²) in [5.41, 5.74) is 5.80. The maximum atomic E-state index is 12.3. The van der Waals surface area contributed by atoms with Gasteiger partial charge in [-0.05, 0) is 19.3 Å². The minimum Gasteiger partial charge on any atom is -0.385 e. The molecule has 1 fully saturated rings. The van der Waals surface area contributed by atoms with Gasteiger partial charge in [-0.25, -0.2) is 0 Å². The quantitative estimate of drug-likeness (QED) is 0.747. The van der Waals surface area contributed by atoms with Crippen molar-refractivity contribution < 1.29 is 14.3 Å². The van der Waals surface area contributed by atoms with Crippen LogP contribution in [-0.2, 0) is 14.3 Å². The summed E-state index contributed by atoms with van der Waals surface area (Å²) in [6, 6.07) is -0.292. The van der Waals surface area contributed by atoms with E-state index in [0.717, 1.165) is 12.8 Å². The van der Waals surface area contributed by atoms with Crippen LogP contribution in [0.25, 0.3) is 0 Å². The van der Waals surface area contributed by atoms with E-state index in [1.54, 1.807) is 19.1 Å². The monoisotopic (exact) mass is 299 g/mol. The van der Waals surface area contributed by atoms with Gasteiger partial charge < -0.3 is 20.3 Å². The molecular weight excluding hydrogens is 270 g/mol. The molecule has 1 rings (SSSR count). The third-order valence-corrected chi connectivity index (χ3v) is 4.21. The van der Waals surface area contributed by atoms with Crippen molar-refractivity contribution in [3.8, 4) is 0 Å². The van der Waals surface area contributed by atoms with E-state index in [1.165, 1.54) is 24.2 Å². The average Bonchev–Trinajstić information content (AvgIpc) is 2.51. The molecular formula is C15H29N3O3. The molecule has 0 aliphatic heterocycles. The molecule has 0 bridgehead atoms. The SMILES string of the molecule is COCCC(N)C(=O)N(C)CC(=O)N(C)C1CCCCC1. The maximum absolute atomic E-state index is 12.3. The number of nitrogens with two attached hydrogens (primary N) is 1. The van der Waals surface area contributed by atoms with E-state index in [0.29, 0.717) is 19.1 Å². The Hall–Kier alpha value is -1.14. The molecule has 1 aliphatic rings. The summed E-state index contributed by atoms with van der Waals surface area (Å²) in [6.07, 6.45) is 6.20. The Morgan fingerprint density at radius 2 is 1.86 bits per heavy atom. The normalized spacial score (nSPS) is 17.3. The molecule has 2 N–H and O–H groups in total. The predicted octanol–water partition coefficient (Wildman–Crippen LogP) is 0.600. The van der Waals surface area contributed by atoms with Crippen LogP contribution in [0.1, 0.15) is 38.5 Å². The lowest BCUT2D eigenvalue weighted by molar-refractivity contribution is -0.141. The molecule has 1 atom stereocenters. The van der Waals surface area contributed by atoms with E-state index in [-0.39, 0.29) is 18.4 Å². The molecule has 1 saturated carbocycles. The van der Waals surface area contributed by atoms with Gasteiger partial charge in [-0.1, -0.05) is 19.3 Å². The summed E-state index contributed by atoms with van der Waals surface area (Å²) in [6.45, 7) is 0.531. The van der Waals surface area contributed by atoms with Crippen LogP contribution in [0, 0.1) is 0 Å². The second-order valence-electron chi connectivity index (χ2n) is 5.88. The number of nitrogens with zero attached hydrogens (tertiary/aromatic N) is 2.